The molecule has 0 aliphatic carbocycles. The van der Waals surface area contributed by atoms with Gasteiger partial charge in [-0.25, -0.2) is 4.98 Å². The summed E-state index contributed by atoms with van der Waals surface area (Å²) >= 11 is 6.30. The minimum absolute atomic E-state index is 0.155. The molecule has 0 N–H and O–H groups in total. The van der Waals surface area contributed by atoms with E-state index in [1.807, 2.05) is 24.9 Å². The van der Waals surface area contributed by atoms with Crippen LogP contribution < -0.4 is 0 Å². The van der Waals surface area contributed by atoms with Crippen LogP contribution in [0.5, 0.6) is 0 Å². The Balaban J connectivity index is 2.05. The van der Waals surface area contributed by atoms with Crippen molar-refractivity contribution in [3.05, 3.63) is 23.9 Å². The summed E-state index contributed by atoms with van der Waals surface area (Å²) in [5.74, 6) is 0.870. The molecule has 0 saturated carbocycles. The van der Waals surface area contributed by atoms with Crippen molar-refractivity contribution in [2.24, 2.45) is 7.05 Å². The molecule has 3 heterocycles. The van der Waals surface area contributed by atoms with Gasteiger partial charge in [0, 0.05) is 19.8 Å². The molecule has 8 heteroatoms. The lowest BCUT2D eigenvalue weighted by Crippen LogP contribution is -2.13. The zero-order valence-corrected chi connectivity index (χ0v) is 13.1. The number of halogens is 1. The highest BCUT2D eigenvalue weighted by molar-refractivity contribution is 6.20. The maximum Gasteiger partial charge on any atom is 0.158 e. The van der Waals surface area contributed by atoms with Crippen molar-refractivity contribution in [3.63, 3.8) is 0 Å². The lowest BCUT2D eigenvalue weighted by atomic mass is 10.3. The summed E-state index contributed by atoms with van der Waals surface area (Å²) < 4.78 is 5.80. The molecule has 0 aromatic carbocycles. The van der Waals surface area contributed by atoms with Crippen LogP contribution in [-0.4, -0.2) is 34.3 Å². The van der Waals surface area contributed by atoms with Crippen LogP contribution in [0.1, 0.15) is 30.7 Å². The molecule has 1 atom stereocenters. The number of alkyl halides is 1. The zero-order valence-electron chi connectivity index (χ0n) is 12.4. The molecule has 3 aromatic heterocycles. The van der Waals surface area contributed by atoms with Gasteiger partial charge in [-0.15, -0.1) is 16.7 Å². The number of hydrogen-bond donors (Lipinski definition) is 0. The first kappa shape index (κ1) is 14.1. The van der Waals surface area contributed by atoms with Crippen LogP contribution in [0.3, 0.4) is 0 Å². The minimum Gasteiger partial charge on any atom is -0.310 e. The van der Waals surface area contributed by atoms with E-state index in [1.54, 1.807) is 10.9 Å². The van der Waals surface area contributed by atoms with Gasteiger partial charge in [0.1, 0.15) is 11.3 Å². The molecule has 3 aromatic rings. The van der Waals surface area contributed by atoms with Crippen molar-refractivity contribution >= 4 is 22.8 Å². The molecular formula is C13H18ClN7. The van der Waals surface area contributed by atoms with Gasteiger partial charge in [0.2, 0.25) is 0 Å². The minimum atomic E-state index is -0.155. The highest BCUT2D eigenvalue weighted by Gasteiger charge is 2.20. The normalized spacial score (nSPS) is 13.1. The molecule has 21 heavy (non-hydrogen) atoms. The van der Waals surface area contributed by atoms with Crippen molar-refractivity contribution < 1.29 is 0 Å². The Kier molecular flexibility index (Phi) is 3.67. The summed E-state index contributed by atoms with van der Waals surface area (Å²) in [6.07, 6.45) is 4.38. The fraction of sp³-hybridized carbons (Fsp3) is 0.538. The van der Waals surface area contributed by atoms with E-state index in [4.69, 9.17) is 16.6 Å². The third kappa shape index (κ3) is 2.42. The maximum atomic E-state index is 6.30. The first-order valence-corrected chi connectivity index (χ1v) is 7.45. The SMILES string of the molecule is CCc1nn(C)c2c1nc(C(C)Cl)n2CCn1ccnn1. The molecule has 0 aliphatic heterocycles. The number of imidazole rings is 1. The quantitative estimate of drug-likeness (QED) is 0.675. The number of nitrogens with zero attached hydrogens (tertiary/aromatic N) is 7. The first-order valence-electron chi connectivity index (χ1n) is 7.02. The largest absolute Gasteiger partial charge is 0.310 e. The molecule has 0 bridgehead atoms. The third-order valence-electron chi connectivity index (χ3n) is 3.54. The molecule has 0 fully saturated rings. The standard InChI is InChI=1S/C13H18ClN7/c1-4-10-11-13(19(3)17-10)21(12(16-11)9(2)14)8-7-20-6-5-15-18-20/h5-6,9H,4,7-8H2,1-3H3. The molecule has 0 amide bonds. The second-order valence-electron chi connectivity index (χ2n) is 5.00. The Hall–Kier alpha value is -1.89. The second-order valence-corrected chi connectivity index (χ2v) is 5.65. The first-order chi connectivity index (χ1) is 10.1. The number of aromatic nitrogens is 7. The van der Waals surface area contributed by atoms with Crippen LogP contribution in [0.15, 0.2) is 12.4 Å². The Labute approximate surface area is 127 Å². The van der Waals surface area contributed by atoms with E-state index in [0.29, 0.717) is 6.54 Å². The monoisotopic (exact) mass is 307 g/mol. The molecule has 112 valence electrons. The van der Waals surface area contributed by atoms with E-state index in [9.17, 15) is 0 Å². The van der Waals surface area contributed by atoms with E-state index in [2.05, 4.69) is 26.9 Å². The van der Waals surface area contributed by atoms with E-state index >= 15 is 0 Å². The average molecular weight is 308 g/mol. The van der Waals surface area contributed by atoms with E-state index in [0.717, 1.165) is 35.6 Å². The lowest BCUT2D eigenvalue weighted by molar-refractivity contribution is 0.508. The second kappa shape index (κ2) is 5.48. The highest BCUT2D eigenvalue weighted by atomic mass is 35.5. The maximum absolute atomic E-state index is 6.30. The van der Waals surface area contributed by atoms with Gasteiger partial charge in [-0.1, -0.05) is 12.1 Å². The number of fused-ring (bicyclic) bond motifs is 1. The smallest absolute Gasteiger partial charge is 0.158 e. The van der Waals surface area contributed by atoms with E-state index in [1.165, 1.54) is 0 Å². The molecule has 3 rings (SSSR count). The van der Waals surface area contributed by atoms with Crippen LogP contribution in [0, 0.1) is 0 Å². The Morgan fingerprint density at radius 1 is 1.33 bits per heavy atom. The molecule has 0 saturated heterocycles. The van der Waals surface area contributed by atoms with Gasteiger partial charge in [0.15, 0.2) is 5.65 Å². The van der Waals surface area contributed by atoms with Crippen LogP contribution in [-0.2, 0) is 26.6 Å². The van der Waals surface area contributed by atoms with Crippen molar-refractivity contribution in [2.75, 3.05) is 0 Å². The Morgan fingerprint density at radius 2 is 2.14 bits per heavy atom. The van der Waals surface area contributed by atoms with Crippen LogP contribution in [0.2, 0.25) is 0 Å². The molecule has 0 spiro atoms. The van der Waals surface area contributed by atoms with Gasteiger partial charge in [0.25, 0.3) is 0 Å². The molecule has 0 aliphatic rings. The predicted molar refractivity (Wildman–Crippen MR) is 80.2 cm³/mol. The summed E-state index contributed by atoms with van der Waals surface area (Å²) in [6.45, 7) is 5.47. The van der Waals surface area contributed by atoms with Gasteiger partial charge < -0.3 is 4.57 Å². The fourth-order valence-corrected chi connectivity index (χ4v) is 2.74. The zero-order chi connectivity index (χ0) is 15.0. The lowest BCUT2D eigenvalue weighted by Gasteiger charge is -2.10. The summed E-state index contributed by atoms with van der Waals surface area (Å²) in [7, 11) is 1.94. The summed E-state index contributed by atoms with van der Waals surface area (Å²) in [5.41, 5.74) is 2.96. The van der Waals surface area contributed by atoms with Gasteiger partial charge in [-0.2, -0.15) is 5.10 Å². The topological polar surface area (TPSA) is 66.3 Å². The summed E-state index contributed by atoms with van der Waals surface area (Å²) in [5, 5.41) is 12.2. The summed E-state index contributed by atoms with van der Waals surface area (Å²) in [6, 6.07) is 0. The molecular weight excluding hydrogens is 290 g/mol. The van der Waals surface area contributed by atoms with Crippen molar-refractivity contribution in [1.82, 2.24) is 34.3 Å². The third-order valence-corrected chi connectivity index (χ3v) is 3.73. The number of rotatable bonds is 5. The summed E-state index contributed by atoms with van der Waals surface area (Å²) in [4.78, 5) is 4.71. The number of aryl methyl sites for hydroxylation is 4. The van der Waals surface area contributed by atoms with Crippen LogP contribution >= 0.6 is 11.6 Å². The van der Waals surface area contributed by atoms with E-state index in [-0.39, 0.29) is 5.38 Å². The Morgan fingerprint density at radius 3 is 2.76 bits per heavy atom. The molecule has 7 nitrogen and oxygen atoms in total. The van der Waals surface area contributed by atoms with Gasteiger partial charge in [0.05, 0.1) is 23.8 Å². The highest BCUT2D eigenvalue weighted by Crippen LogP contribution is 2.26. The molecule has 1 unspecified atom stereocenters. The van der Waals surface area contributed by atoms with Crippen molar-refractivity contribution in [1.29, 1.82) is 0 Å². The van der Waals surface area contributed by atoms with Gasteiger partial charge in [-0.3, -0.25) is 9.36 Å². The molecule has 0 radical (unpaired) electrons. The predicted octanol–water partition coefficient (Wildman–Crippen LogP) is 1.92. The van der Waals surface area contributed by atoms with Gasteiger partial charge >= 0.3 is 0 Å². The average Bonchev–Trinajstić information content (AvgIpc) is 3.13. The Bertz CT molecular complexity index is 738. The van der Waals surface area contributed by atoms with Crippen molar-refractivity contribution in [3.8, 4) is 0 Å². The van der Waals surface area contributed by atoms with Crippen LogP contribution in [0.25, 0.3) is 11.2 Å². The van der Waals surface area contributed by atoms with E-state index < -0.39 is 0 Å². The number of hydrogen-bond acceptors (Lipinski definition) is 4. The van der Waals surface area contributed by atoms with Gasteiger partial charge in [-0.05, 0) is 13.3 Å². The van der Waals surface area contributed by atoms with Crippen molar-refractivity contribution in [2.45, 2.75) is 38.7 Å². The van der Waals surface area contributed by atoms with Crippen LogP contribution in [0.4, 0.5) is 0 Å². The fourth-order valence-electron chi connectivity index (χ4n) is 2.58.